The molecule has 3 aromatic rings. The molecule has 0 bridgehead atoms. The molecule has 5 rings (SSSR count). The Morgan fingerprint density at radius 2 is 1.93 bits per heavy atom. The zero-order valence-electron chi connectivity index (χ0n) is 23.4. The fourth-order valence-corrected chi connectivity index (χ4v) is 6.79. The maximum absolute atomic E-state index is 13.9. The fraction of sp³-hybridized carbons (Fsp3) is 0.483. The molecule has 41 heavy (non-hydrogen) atoms. The van der Waals surface area contributed by atoms with Crippen LogP contribution in [0.3, 0.4) is 0 Å². The first-order valence-corrected chi connectivity index (χ1v) is 14.4. The number of carboxylic acids is 1. The lowest BCUT2D eigenvalue weighted by atomic mass is 9.94. The number of para-hydroxylation sites is 1. The Hall–Kier alpha value is -3.45. The van der Waals surface area contributed by atoms with Crippen LogP contribution in [-0.2, 0) is 9.53 Å². The van der Waals surface area contributed by atoms with Gasteiger partial charge in [-0.1, -0.05) is 18.2 Å². The number of aromatic nitrogens is 1. The van der Waals surface area contributed by atoms with Crippen molar-refractivity contribution in [1.82, 2.24) is 9.88 Å². The topological polar surface area (TPSA) is 146 Å². The Morgan fingerprint density at radius 3 is 2.56 bits per heavy atom. The van der Waals surface area contributed by atoms with E-state index in [0.29, 0.717) is 52.8 Å². The second kappa shape index (κ2) is 11.4. The summed E-state index contributed by atoms with van der Waals surface area (Å²) in [6.45, 7) is 4.62. The number of nitrogens with zero attached hydrogens (tertiary/aromatic N) is 3. The summed E-state index contributed by atoms with van der Waals surface area (Å²) in [5.74, 6) is -0.931. The molecule has 1 amide bonds. The summed E-state index contributed by atoms with van der Waals surface area (Å²) < 4.78 is 17.8. The number of ether oxygens (including phenoxy) is 2. The lowest BCUT2D eigenvalue weighted by Gasteiger charge is -2.47. The van der Waals surface area contributed by atoms with E-state index in [0.717, 1.165) is 10.5 Å². The molecule has 1 saturated carbocycles. The molecule has 220 valence electrons. The molecule has 1 aliphatic carbocycles. The van der Waals surface area contributed by atoms with Gasteiger partial charge in [-0.25, -0.2) is 9.78 Å². The summed E-state index contributed by atoms with van der Waals surface area (Å²) >= 11 is 1.24. The number of anilines is 1. The number of oxazole rings is 1. The van der Waals surface area contributed by atoms with E-state index in [1.165, 1.54) is 37.6 Å². The van der Waals surface area contributed by atoms with Crippen molar-refractivity contribution in [3.63, 3.8) is 0 Å². The van der Waals surface area contributed by atoms with Crippen molar-refractivity contribution >= 4 is 28.2 Å². The number of hydrogen-bond acceptors (Lipinski definition) is 10. The van der Waals surface area contributed by atoms with Crippen molar-refractivity contribution in [1.29, 1.82) is 0 Å². The number of aliphatic hydroxyl groups is 2. The van der Waals surface area contributed by atoms with E-state index in [1.807, 2.05) is 24.3 Å². The quantitative estimate of drug-likeness (QED) is 0.334. The molecular formula is C29H35N3O8S. The van der Waals surface area contributed by atoms with Crippen LogP contribution in [0.25, 0.3) is 10.8 Å². The summed E-state index contributed by atoms with van der Waals surface area (Å²) in [5.41, 5.74) is -0.125. The molecule has 11 nitrogen and oxygen atoms in total. The number of rotatable bonds is 9. The lowest BCUT2D eigenvalue weighted by molar-refractivity contribution is -0.154. The van der Waals surface area contributed by atoms with Crippen molar-refractivity contribution in [2.45, 2.75) is 76.7 Å². The lowest BCUT2D eigenvalue weighted by Crippen LogP contribution is -2.65. The van der Waals surface area contributed by atoms with Crippen LogP contribution >= 0.6 is 11.3 Å². The van der Waals surface area contributed by atoms with Crippen molar-refractivity contribution in [2.75, 3.05) is 18.6 Å². The third-order valence-electron chi connectivity index (χ3n) is 7.93. The first-order chi connectivity index (χ1) is 19.5. The van der Waals surface area contributed by atoms with Gasteiger partial charge in [0, 0.05) is 5.56 Å². The van der Waals surface area contributed by atoms with Crippen LogP contribution in [0.4, 0.5) is 5.00 Å². The largest absolute Gasteiger partial charge is 0.496 e. The number of benzene rings is 1. The first kappa shape index (κ1) is 29.1. The predicted molar refractivity (Wildman–Crippen MR) is 151 cm³/mol. The summed E-state index contributed by atoms with van der Waals surface area (Å²) in [6, 6.07) is 7.44. The second-order valence-electron chi connectivity index (χ2n) is 10.9. The number of methoxy groups -OCH3 is 1. The zero-order chi connectivity index (χ0) is 29.5. The summed E-state index contributed by atoms with van der Waals surface area (Å²) in [5, 5.41) is 32.3. The van der Waals surface area contributed by atoms with E-state index in [-0.39, 0.29) is 24.3 Å². The van der Waals surface area contributed by atoms with Crippen LogP contribution < -0.4 is 9.64 Å². The van der Waals surface area contributed by atoms with Crippen molar-refractivity contribution in [2.24, 2.45) is 0 Å². The molecule has 12 heteroatoms. The van der Waals surface area contributed by atoms with Gasteiger partial charge >= 0.3 is 5.97 Å². The van der Waals surface area contributed by atoms with Crippen LogP contribution in [0, 0.1) is 6.92 Å². The predicted octanol–water partition coefficient (Wildman–Crippen LogP) is 4.18. The van der Waals surface area contributed by atoms with Gasteiger partial charge in [-0.05, 0) is 58.1 Å². The van der Waals surface area contributed by atoms with E-state index in [1.54, 1.807) is 18.9 Å². The minimum Gasteiger partial charge on any atom is -0.496 e. The average molecular weight is 586 g/mol. The summed E-state index contributed by atoms with van der Waals surface area (Å²) in [7, 11) is 1.57. The molecular weight excluding hydrogens is 550 g/mol. The standard InChI is InChI=1S/C29H35N3O8S/c1-16-22-25(34)32(29(2,3)27(35)36)28(37)31(26(22)41-23(16)24-30-13-14-39-24)15-21(19-7-5-6-8-20(19)38-4)40-18-11-9-17(33)10-12-18/h5-8,13-14,17-18,21,28,33,37H,9-12,15H2,1-4H3,(H,35,36)/t17-,18-,21-,28?/m0/s1. The number of thiophene rings is 1. The SMILES string of the molecule is COc1ccccc1[C@H](CN1c2sc(-c3ncco3)c(C)c2C(=O)N(C(C)(C)C(=O)O)C1O)O[C@H]1CC[C@H](O)CC1. The van der Waals surface area contributed by atoms with E-state index in [9.17, 15) is 24.9 Å². The minimum atomic E-state index is -1.73. The number of aliphatic hydroxyl groups excluding tert-OH is 2. The monoisotopic (exact) mass is 585 g/mol. The van der Waals surface area contributed by atoms with Gasteiger partial charge in [0.05, 0.1) is 42.5 Å². The third-order valence-corrected chi connectivity index (χ3v) is 9.25. The van der Waals surface area contributed by atoms with Crippen LogP contribution in [0.5, 0.6) is 5.75 Å². The van der Waals surface area contributed by atoms with Gasteiger partial charge in [0.25, 0.3) is 5.91 Å². The van der Waals surface area contributed by atoms with E-state index in [4.69, 9.17) is 13.9 Å². The Kier molecular flexibility index (Phi) is 8.11. The molecule has 2 aromatic heterocycles. The molecule has 2 aliphatic rings. The second-order valence-corrected chi connectivity index (χ2v) is 11.9. The number of amides is 1. The average Bonchev–Trinajstić information content (AvgIpc) is 3.59. The zero-order valence-corrected chi connectivity index (χ0v) is 24.3. The third kappa shape index (κ3) is 5.32. The van der Waals surface area contributed by atoms with Crippen molar-refractivity contribution < 1.29 is 38.8 Å². The Bertz CT molecular complexity index is 1400. The van der Waals surface area contributed by atoms with Gasteiger partial charge in [-0.3, -0.25) is 9.69 Å². The van der Waals surface area contributed by atoms with Crippen LogP contribution in [-0.4, -0.2) is 74.8 Å². The molecule has 1 aliphatic heterocycles. The molecule has 0 saturated heterocycles. The maximum atomic E-state index is 13.9. The van der Waals surface area contributed by atoms with Gasteiger partial charge in [-0.2, -0.15) is 0 Å². The highest BCUT2D eigenvalue weighted by Crippen LogP contribution is 2.47. The number of aliphatic carboxylic acids is 1. The Labute approximate surface area is 241 Å². The van der Waals surface area contributed by atoms with Gasteiger partial charge < -0.3 is 34.1 Å². The molecule has 3 heterocycles. The number of hydrogen-bond donors (Lipinski definition) is 3. The van der Waals surface area contributed by atoms with Gasteiger partial charge in [-0.15, -0.1) is 11.3 Å². The van der Waals surface area contributed by atoms with E-state index >= 15 is 0 Å². The molecule has 3 N–H and O–H groups in total. The molecule has 0 spiro atoms. The number of carbonyl (C=O) groups excluding carboxylic acids is 1. The molecule has 1 unspecified atom stereocenters. The Morgan fingerprint density at radius 1 is 1.22 bits per heavy atom. The fourth-order valence-electron chi connectivity index (χ4n) is 5.52. The number of fused-ring (bicyclic) bond motifs is 1. The van der Waals surface area contributed by atoms with E-state index in [2.05, 4.69) is 4.98 Å². The highest BCUT2D eigenvalue weighted by atomic mass is 32.1. The minimum absolute atomic E-state index is 0.0814. The summed E-state index contributed by atoms with van der Waals surface area (Å²) in [6.07, 6.45) is 2.81. The smallest absolute Gasteiger partial charge is 0.329 e. The molecule has 1 aromatic carbocycles. The van der Waals surface area contributed by atoms with E-state index < -0.39 is 29.9 Å². The molecule has 1 fully saturated rings. The first-order valence-electron chi connectivity index (χ1n) is 13.6. The van der Waals surface area contributed by atoms with Gasteiger partial charge in [0.1, 0.15) is 28.7 Å². The number of carboxylic acid groups (broad SMARTS) is 1. The van der Waals surface area contributed by atoms with Crippen LogP contribution in [0.1, 0.15) is 67.1 Å². The van der Waals surface area contributed by atoms with Crippen LogP contribution in [0.15, 0.2) is 41.1 Å². The maximum Gasteiger partial charge on any atom is 0.329 e. The highest BCUT2D eigenvalue weighted by Gasteiger charge is 2.50. The normalized spacial score (nSPS) is 22.0. The Balaban J connectivity index is 1.61. The van der Waals surface area contributed by atoms with Gasteiger partial charge in [0.15, 0.2) is 0 Å². The highest BCUT2D eigenvalue weighted by molar-refractivity contribution is 7.20. The van der Waals surface area contributed by atoms with Crippen LogP contribution in [0.2, 0.25) is 0 Å². The number of carbonyl (C=O) groups is 2. The molecule has 2 atom stereocenters. The van der Waals surface area contributed by atoms with Crippen molar-refractivity contribution in [3.8, 4) is 16.5 Å². The molecule has 0 radical (unpaired) electrons. The summed E-state index contributed by atoms with van der Waals surface area (Å²) in [4.78, 5) is 33.7. The van der Waals surface area contributed by atoms with Gasteiger partial charge in [0.2, 0.25) is 12.2 Å². The van der Waals surface area contributed by atoms with Crippen molar-refractivity contribution in [3.05, 3.63) is 53.4 Å².